The highest BCUT2D eigenvalue weighted by atomic mass is 32.1. The molecule has 1 saturated carbocycles. The van der Waals surface area contributed by atoms with E-state index in [1.54, 1.807) is 24.5 Å². The van der Waals surface area contributed by atoms with Gasteiger partial charge in [0.25, 0.3) is 0 Å². The lowest BCUT2D eigenvalue weighted by Gasteiger charge is -2.40. The molecule has 3 aromatic rings. The molecule has 4 heterocycles. The summed E-state index contributed by atoms with van der Waals surface area (Å²) in [5.74, 6) is 2.68. The van der Waals surface area contributed by atoms with E-state index in [1.165, 1.54) is 17.5 Å². The second-order valence-electron chi connectivity index (χ2n) is 11.5. The Balaban J connectivity index is 0.00000353. The summed E-state index contributed by atoms with van der Waals surface area (Å²) in [5.41, 5.74) is 4.27. The van der Waals surface area contributed by atoms with E-state index < -0.39 is 6.10 Å². The van der Waals surface area contributed by atoms with Crippen molar-refractivity contribution in [2.24, 2.45) is 5.92 Å². The van der Waals surface area contributed by atoms with Gasteiger partial charge < -0.3 is 24.5 Å². The molecule has 1 aliphatic carbocycles. The predicted molar refractivity (Wildman–Crippen MR) is 162 cm³/mol. The molecule has 224 valence electrons. The first-order valence-electron chi connectivity index (χ1n) is 14.5. The SMILES string of the molecule is Cc1c(OCc2cnco2)ccc2c1CCN(C[C@@H](O)CCC(=O)c1ccnc(NC3CN(C(=O)C4CC4)C3)c1)C2.S. The number of oxazole rings is 1. The van der Waals surface area contributed by atoms with Crippen LogP contribution in [0, 0.1) is 12.8 Å². The Morgan fingerprint density at radius 3 is 2.83 bits per heavy atom. The van der Waals surface area contributed by atoms with E-state index in [0.717, 1.165) is 43.7 Å². The molecule has 0 radical (unpaired) electrons. The van der Waals surface area contributed by atoms with E-state index in [1.807, 2.05) is 11.0 Å². The van der Waals surface area contributed by atoms with Crippen molar-refractivity contribution in [1.82, 2.24) is 19.8 Å². The molecular weight excluding hydrogens is 554 g/mol. The monoisotopic (exact) mass is 593 g/mol. The van der Waals surface area contributed by atoms with Crippen molar-refractivity contribution in [2.75, 3.05) is 31.5 Å². The molecule has 0 unspecified atom stereocenters. The number of aromatic nitrogens is 2. The van der Waals surface area contributed by atoms with Crippen LogP contribution in [-0.4, -0.2) is 74.9 Å². The number of amides is 1. The minimum absolute atomic E-state index is 0. The van der Waals surface area contributed by atoms with Gasteiger partial charge in [0.05, 0.1) is 18.3 Å². The van der Waals surface area contributed by atoms with E-state index in [9.17, 15) is 14.7 Å². The fourth-order valence-electron chi connectivity index (χ4n) is 5.71. The molecule has 11 heteroatoms. The summed E-state index contributed by atoms with van der Waals surface area (Å²) in [4.78, 5) is 37.4. The van der Waals surface area contributed by atoms with E-state index >= 15 is 0 Å². The van der Waals surface area contributed by atoms with Gasteiger partial charge in [-0.25, -0.2) is 9.97 Å². The number of Topliss-reactive ketones (excluding diaryl/α,β-unsaturated/α-hetero) is 1. The average molecular weight is 594 g/mol. The quantitative estimate of drug-likeness (QED) is 0.304. The number of hydrogen-bond donors (Lipinski definition) is 2. The van der Waals surface area contributed by atoms with Gasteiger partial charge in [0.2, 0.25) is 5.91 Å². The molecule has 1 saturated heterocycles. The van der Waals surface area contributed by atoms with Crippen LogP contribution in [0.3, 0.4) is 0 Å². The Bertz CT molecular complexity index is 1390. The maximum atomic E-state index is 12.9. The number of aliphatic hydroxyl groups is 1. The number of anilines is 1. The van der Waals surface area contributed by atoms with Crippen LogP contribution in [0.25, 0.3) is 0 Å². The standard InChI is InChI=1S/C31H37N5O5.H2S/c1-20-27-9-11-35(14-23(27)4-7-29(20)40-18-26-13-32-19-41-26)17-25(37)5-6-28(38)22-8-10-33-30(12-22)34-24-15-36(16-24)31(39)21-2-3-21;/h4,7-8,10,12-13,19,21,24-25,37H,2-3,5-6,9,11,14-18H2,1H3,(H,33,34);1H2/t25-;/m0./s1. The van der Waals surface area contributed by atoms with Gasteiger partial charge >= 0.3 is 0 Å². The molecule has 1 amide bonds. The second-order valence-corrected chi connectivity index (χ2v) is 11.5. The van der Waals surface area contributed by atoms with Crippen molar-refractivity contribution >= 4 is 31.0 Å². The molecule has 6 rings (SSSR count). The number of ketones is 1. The zero-order valence-electron chi connectivity index (χ0n) is 23.9. The van der Waals surface area contributed by atoms with Crippen molar-refractivity contribution < 1.29 is 23.8 Å². The summed E-state index contributed by atoms with van der Waals surface area (Å²) >= 11 is 0. The van der Waals surface area contributed by atoms with Gasteiger partial charge in [-0.15, -0.1) is 0 Å². The number of rotatable bonds is 12. The summed E-state index contributed by atoms with van der Waals surface area (Å²) in [6, 6.07) is 7.75. The zero-order valence-corrected chi connectivity index (χ0v) is 24.9. The summed E-state index contributed by atoms with van der Waals surface area (Å²) < 4.78 is 11.2. The highest BCUT2D eigenvalue weighted by Gasteiger charge is 2.39. The number of nitrogens with one attached hydrogen (secondary N) is 1. The molecular formula is C31H39N5O5S. The first-order valence-corrected chi connectivity index (χ1v) is 14.5. The normalized spacial score (nSPS) is 17.5. The number of ether oxygens (including phenoxy) is 1. The van der Waals surface area contributed by atoms with Crippen molar-refractivity contribution in [3.63, 3.8) is 0 Å². The summed E-state index contributed by atoms with van der Waals surface area (Å²) in [7, 11) is 0. The van der Waals surface area contributed by atoms with Crippen LogP contribution in [0.1, 0.15) is 58.5 Å². The van der Waals surface area contributed by atoms with E-state index in [4.69, 9.17) is 9.15 Å². The fraction of sp³-hybridized carbons (Fsp3) is 0.484. The lowest BCUT2D eigenvalue weighted by atomic mass is 9.94. The lowest BCUT2D eigenvalue weighted by molar-refractivity contribution is -0.136. The number of fused-ring (bicyclic) bond motifs is 1. The molecule has 3 aliphatic rings. The molecule has 2 N–H and O–H groups in total. The molecule has 0 spiro atoms. The third-order valence-corrected chi connectivity index (χ3v) is 8.30. The number of nitrogens with zero attached hydrogens (tertiary/aromatic N) is 4. The number of likely N-dealkylation sites (tertiary alicyclic amines) is 1. The van der Waals surface area contributed by atoms with E-state index in [-0.39, 0.29) is 43.6 Å². The molecule has 1 atom stereocenters. The van der Waals surface area contributed by atoms with Crippen LogP contribution in [-0.2, 0) is 24.4 Å². The van der Waals surface area contributed by atoms with Crippen molar-refractivity contribution in [2.45, 2.75) is 64.3 Å². The summed E-state index contributed by atoms with van der Waals surface area (Å²) in [6.45, 7) is 5.91. The highest BCUT2D eigenvalue weighted by molar-refractivity contribution is 7.59. The number of hydrogen-bond acceptors (Lipinski definition) is 9. The molecule has 2 aliphatic heterocycles. The molecule has 10 nitrogen and oxygen atoms in total. The Morgan fingerprint density at radius 1 is 1.24 bits per heavy atom. The van der Waals surface area contributed by atoms with E-state index in [2.05, 4.69) is 33.2 Å². The summed E-state index contributed by atoms with van der Waals surface area (Å²) in [5, 5.41) is 14.1. The van der Waals surface area contributed by atoms with Crippen molar-refractivity contribution in [3.8, 4) is 5.75 Å². The summed E-state index contributed by atoms with van der Waals surface area (Å²) in [6.07, 6.45) is 7.69. The van der Waals surface area contributed by atoms with E-state index in [0.29, 0.717) is 49.8 Å². The van der Waals surface area contributed by atoms with Gasteiger partial charge in [0, 0.05) is 56.8 Å². The number of β-amino-alcohol motifs (C(OH)–C–C–N with tert-alkyl or cyclic N) is 1. The van der Waals surface area contributed by atoms with Crippen LogP contribution in [0.2, 0.25) is 0 Å². The van der Waals surface area contributed by atoms with Crippen LogP contribution in [0.15, 0.2) is 47.5 Å². The van der Waals surface area contributed by atoms with Crippen molar-refractivity contribution in [3.05, 3.63) is 71.1 Å². The van der Waals surface area contributed by atoms with Gasteiger partial charge in [-0.05, 0) is 67.5 Å². The highest BCUT2D eigenvalue weighted by Crippen LogP contribution is 2.33. The molecule has 2 fully saturated rings. The molecule has 42 heavy (non-hydrogen) atoms. The van der Waals surface area contributed by atoms with Gasteiger partial charge in [0.15, 0.2) is 17.9 Å². The predicted octanol–water partition coefficient (Wildman–Crippen LogP) is 3.48. The third-order valence-electron chi connectivity index (χ3n) is 8.30. The minimum atomic E-state index is -0.587. The Hall–Kier alpha value is -3.41. The van der Waals surface area contributed by atoms with Crippen LogP contribution in [0.4, 0.5) is 5.82 Å². The maximum Gasteiger partial charge on any atom is 0.225 e. The van der Waals surface area contributed by atoms with Gasteiger partial charge in [-0.3, -0.25) is 14.5 Å². The molecule has 1 aromatic carbocycles. The maximum absolute atomic E-state index is 12.9. The van der Waals surface area contributed by atoms with Gasteiger partial charge in [-0.2, -0.15) is 13.5 Å². The number of benzene rings is 1. The minimum Gasteiger partial charge on any atom is -0.485 e. The number of carbonyl (C=O) groups is 2. The van der Waals surface area contributed by atoms with Crippen molar-refractivity contribution in [1.29, 1.82) is 0 Å². The number of pyridine rings is 1. The largest absolute Gasteiger partial charge is 0.485 e. The average Bonchev–Trinajstić information content (AvgIpc) is 3.68. The lowest BCUT2D eigenvalue weighted by Crippen LogP contribution is -2.57. The number of aliphatic hydroxyl groups excluding tert-OH is 1. The Kier molecular flexibility index (Phi) is 9.50. The van der Waals surface area contributed by atoms with Gasteiger partial charge in [0.1, 0.15) is 18.2 Å². The first kappa shape index (κ1) is 30.1. The molecule has 0 bridgehead atoms. The van der Waals surface area contributed by atoms with Crippen LogP contribution < -0.4 is 10.1 Å². The van der Waals surface area contributed by atoms with Crippen LogP contribution >= 0.6 is 13.5 Å². The van der Waals surface area contributed by atoms with Gasteiger partial charge in [-0.1, -0.05) is 6.07 Å². The zero-order chi connectivity index (χ0) is 28.3. The van der Waals surface area contributed by atoms with Crippen LogP contribution in [0.5, 0.6) is 5.75 Å². The second kappa shape index (κ2) is 13.3. The first-order chi connectivity index (χ1) is 19.9. The Morgan fingerprint density at radius 2 is 2.07 bits per heavy atom. The third kappa shape index (κ3) is 7.14. The topological polar surface area (TPSA) is 121 Å². The smallest absolute Gasteiger partial charge is 0.225 e. The molecule has 2 aromatic heterocycles. The number of carbonyl (C=O) groups excluding carboxylic acids is 2. The fourth-order valence-corrected chi connectivity index (χ4v) is 5.71. The Labute approximate surface area is 252 Å².